The van der Waals surface area contributed by atoms with Crippen molar-refractivity contribution in [2.75, 3.05) is 19.7 Å². The zero-order valence-corrected chi connectivity index (χ0v) is 10.7. The first-order valence-electron chi connectivity index (χ1n) is 6.39. The van der Waals surface area contributed by atoms with E-state index in [9.17, 15) is 9.59 Å². The van der Waals surface area contributed by atoms with Crippen LogP contribution in [0, 0.1) is 5.92 Å². The van der Waals surface area contributed by atoms with Crippen LogP contribution < -0.4 is 0 Å². The lowest BCUT2D eigenvalue weighted by atomic mass is 9.98. The average molecular weight is 266 g/mol. The number of amides is 1. The molecule has 6 nitrogen and oxygen atoms in total. The summed E-state index contributed by atoms with van der Waals surface area (Å²) in [4.78, 5) is 24.8. The molecule has 1 aromatic heterocycles. The lowest BCUT2D eigenvalue weighted by molar-refractivity contribution is -0.133. The highest BCUT2D eigenvalue weighted by molar-refractivity contribution is 5.86. The quantitative estimate of drug-likeness (QED) is 0.827. The summed E-state index contributed by atoms with van der Waals surface area (Å²) < 4.78 is 1.45. The van der Waals surface area contributed by atoms with Gasteiger partial charge >= 0.3 is 5.97 Å². The second-order valence-electron chi connectivity index (χ2n) is 4.83. The van der Waals surface area contributed by atoms with E-state index < -0.39 is 5.97 Å². The van der Waals surface area contributed by atoms with Gasteiger partial charge in [0.25, 0.3) is 0 Å². The topological polar surface area (TPSA) is 82.8 Å². The molecule has 2 N–H and O–H groups in total. The number of aliphatic hydroxyl groups is 1. The number of carbonyl (C=O) groups excluding carboxylic acids is 1. The van der Waals surface area contributed by atoms with E-state index in [-0.39, 0.29) is 30.7 Å². The molecule has 0 aromatic carbocycles. The van der Waals surface area contributed by atoms with Crippen LogP contribution in [0.2, 0.25) is 0 Å². The van der Waals surface area contributed by atoms with E-state index >= 15 is 0 Å². The molecule has 6 heteroatoms. The van der Waals surface area contributed by atoms with E-state index in [2.05, 4.69) is 0 Å². The standard InChI is InChI=1S/C13H18N2O4/c16-9-10-3-6-14(7-4-10)12(17)8-15-5-1-2-11(15)13(18)19/h1-2,5,10,16H,3-4,6-9H2,(H,18,19). The zero-order valence-electron chi connectivity index (χ0n) is 10.7. The minimum absolute atomic E-state index is 0.0540. The van der Waals surface area contributed by atoms with Gasteiger partial charge in [0.05, 0.1) is 0 Å². The van der Waals surface area contributed by atoms with Crippen LogP contribution in [0.15, 0.2) is 18.3 Å². The third-order valence-corrected chi connectivity index (χ3v) is 3.58. The van der Waals surface area contributed by atoms with Crippen molar-refractivity contribution in [3.8, 4) is 0 Å². The Bertz CT molecular complexity index is 461. The monoisotopic (exact) mass is 266 g/mol. The highest BCUT2D eigenvalue weighted by Crippen LogP contribution is 2.17. The Labute approximate surface area is 111 Å². The van der Waals surface area contributed by atoms with Crippen LogP contribution in [-0.2, 0) is 11.3 Å². The maximum atomic E-state index is 12.1. The summed E-state index contributed by atoms with van der Waals surface area (Å²) >= 11 is 0. The van der Waals surface area contributed by atoms with Crippen LogP contribution in [0.5, 0.6) is 0 Å². The number of piperidine rings is 1. The molecule has 0 unspecified atom stereocenters. The summed E-state index contributed by atoms with van der Waals surface area (Å²) in [5, 5.41) is 18.0. The summed E-state index contributed by atoms with van der Waals surface area (Å²) in [5.41, 5.74) is 0.124. The van der Waals surface area contributed by atoms with Crippen molar-refractivity contribution in [1.82, 2.24) is 9.47 Å². The van der Waals surface area contributed by atoms with Gasteiger partial charge in [0, 0.05) is 25.9 Å². The van der Waals surface area contributed by atoms with Gasteiger partial charge in [0.2, 0.25) is 5.91 Å². The lowest BCUT2D eigenvalue weighted by Crippen LogP contribution is -2.41. The molecule has 1 aliphatic heterocycles. The SMILES string of the molecule is O=C(O)c1cccn1CC(=O)N1CCC(CO)CC1. The first kappa shape index (κ1) is 13.6. The smallest absolute Gasteiger partial charge is 0.352 e. The molecule has 1 amide bonds. The van der Waals surface area contributed by atoms with Gasteiger partial charge in [-0.1, -0.05) is 0 Å². The summed E-state index contributed by atoms with van der Waals surface area (Å²) in [7, 11) is 0. The fourth-order valence-corrected chi connectivity index (χ4v) is 2.36. The van der Waals surface area contributed by atoms with Crippen molar-refractivity contribution < 1.29 is 19.8 Å². The Morgan fingerprint density at radius 2 is 2.00 bits per heavy atom. The lowest BCUT2D eigenvalue weighted by Gasteiger charge is -2.31. The van der Waals surface area contributed by atoms with Crippen LogP contribution in [0.1, 0.15) is 23.3 Å². The van der Waals surface area contributed by atoms with E-state index in [0.29, 0.717) is 13.1 Å². The molecule has 1 saturated heterocycles. The fourth-order valence-electron chi connectivity index (χ4n) is 2.36. The van der Waals surface area contributed by atoms with E-state index in [1.54, 1.807) is 17.2 Å². The van der Waals surface area contributed by atoms with E-state index in [1.165, 1.54) is 10.6 Å². The minimum Gasteiger partial charge on any atom is -0.477 e. The molecule has 2 heterocycles. The maximum Gasteiger partial charge on any atom is 0.352 e. The fraction of sp³-hybridized carbons (Fsp3) is 0.538. The van der Waals surface area contributed by atoms with Gasteiger partial charge in [0.15, 0.2) is 0 Å². The first-order chi connectivity index (χ1) is 9.11. The van der Waals surface area contributed by atoms with Crippen LogP contribution in [0.4, 0.5) is 0 Å². The zero-order chi connectivity index (χ0) is 13.8. The van der Waals surface area contributed by atoms with Crippen molar-refractivity contribution in [2.45, 2.75) is 19.4 Å². The Kier molecular flexibility index (Phi) is 4.21. The van der Waals surface area contributed by atoms with Crippen LogP contribution in [0.25, 0.3) is 0 Å². The third-order valence-electron chi connectivity index (χ3n) is 3.58. The molecular formula is C13H18N2O4. The molecule has 19 heavy (non-hydrogen) atoms. The number of carbonyl (C=O) groups is 2. The van der Waals surface area contributed by atoms with Crippen LogP contribution in [0.3, 0.4) is 0 Å². The minimum atomic E-state index is -1.03. The number of nitrogens with zero attached hydrogens (tertiary/aromatic N) is 2. The number of aliphatic hydroxyl groups excluding tert-OH is 1. The summed E-state index contributed by atoms with van der Waals surface area (Å²) in [5.74, 6) is -0.822. The second-order valence-corrected chi connectivity index (χ2v) is 4.83. The van der Waals surface area contributed by atoms with Crippen molar-refractivity contribution in [3.63, 3.8) is 0 Å². The highest BCUT2D eigenvalue weighted by Gasteiger charge is 2.23. The van der Waals surface area contributed by atoms with Crippen molar-refractivity contribution in [3.05, 3.63) is 24.0 Å². The van der Waals surface area contributed by atoms with Gasteiger partial charge in [-0.3, -0.25) is 4.79 Å². The van der Waals surface area contributed by atoms with Gasteiger partial charge in [0.1, 0.15) is 12.2 Å². The normalized spacial score (nSPS) is 16.6. The molecule has 0 atom stereocenters. The molecule has 0 radical (unpaired) electrons. The Balaban J connectivity index is 1.94. The molecule has 0 spiro atoms. The summed E-state index contributed by atoms with van der Waals surface area (Å²) in [6, 6.07) is 3.10. The van der Waals surface area contributed by atoms with E-state index in [0.717, 1.165) is 12.8 Å². The van der Waals surface area contributed by atoms with Crippen molar-refractivity contribution in [2.24, 2.45) is 5.92 Å². The van der Waals surface area contributed by atoms with Crippen LogP contribution in [-0.4, -0.2) is 51.3 Å². The predicted octanol–water partition coefficient (Wildman–Crippen LogP) is 0.417. The second kappa shape index (κ2) is 5.88. The maximum absolute atomic E-state index is 12.1. The number of aromatic nitrogens is 1. The number of likely N-dealkylation sites (tertiary alicyclic amines) is 1. The van der Waals surface area contributed by atoms with Crippen LogP contribution >= 0.6 is 0 Å². The van der Waals surface area contributed by atoms with Crippen molar-refractivity contribution in [1.29, 1.82) is 0 Å². The van der Waals surface area contributed by atoms with Gasteiger partial charge in [-0.2, -0.15) is 0 Å². The van der Waals surface area contributed by atoms with Gasteiger partial charge in [-0.15, -0.1) is 0 Å². The number of carboxylic acid groups (broad SMARTS) is 1. The molecule has 0 bridgehead atoms. The molecule has 104 valence electrons. The first-order valence-corrected chi connectivity index (χ1v) is 6.39. The largest absolute Gasteiger partial charge is 0.477 e. The molecule has 1 aliphatic rings. The molecular weight excluding hydrogens is 248 g/mol. The molecule has 0 aliphatic carbocycles. The number of carboxylic acids is 1. The molecule has 1 aromatic rings. The van der Waals surface area contributed by atoms with Gasteiger partial charge in [-0.25, -0.2) is 4.79 Å². The highest BCUT2D eigenvalue weighted by atomic mass is 16.4. The Morgan fingerprint density at radius 1 is 1.32 bits per heavy atom. The summed E-state index contributed by atoms with van der Waals surface area (Å²) in [6.45, 7) is 1.49. The number of rotatable bonds is 4. The van der Waals surface area contributed by atoms with Crippen molar-refractivity contribution >= 4 is 11.9 Å². The predicted molar refractivity (Wildman–Crippen MR) is 67.8 cm³/mol. The molecule has 1 fully saturated rings. The Hall–Kier alpha value is -1.82. The number of hydrogen-bond donors (Lipinski definition) is 2. The molecule has 2 rings (SSSR count). The van der Waals surface area contributed by atoms with E-state index in [4.69, 9.17) is 10.2 Å². The Morgan fingerprint density at radius 3 is 2.58 bits per heavy atom. The summed E-state index contributed by atoms with van der Waals surface area (Å²) in [6.07, 6.45) is 3.21. The van der Waals surface area contributed by atoms with Gasteiger partial charge in [-0.05, 0) is 30.9 Å². The third kappa shape index (κ3) is 3.14. The number of aromatic carboxylic acids is 1. The molecule has 0 saturated carbocycles. The van der Waals surface area contributed by atoms with Gasteiger partial charge < -0.3 is 19.7 Å². The average Bonchev–Trinajstić information content (AvgIpc) is 2.87. The van der Waals surface area contributed by atoms with E-state index in [1.807, 2.05) is 0 Å². The number of hydrogen-bond acceptors (Lipinski definition) is 3.